The number of hydrogen-bond donors (Lipinski definition) is 2. The molecule has 10 aliphatic heterocycles. The zero-order valence-electron chi connectivity index (χ0n) is 78.1. The molecule has 3 amide bonds. The summed E-state index contributed by atoms with van der Waals surface area (Å²) in [5.41, 5.74) is 10.2. The maximum absolute atomic E-state index is 13.1. The Morgan fingerprint density at radius 3 is 1.21 bits per heavy atom. The van der Waals surface area contributed by atoms with Crippen LogP contribution in [0.1, 0.15) is 152 Å². The van der Waals surface area contributed by atoms with Crippen molar-refractivity contribution in [1.82, 2.24) is 20.0 Å². The highest BCUT2D eigenvalue weighted by Crippen LogP contribution is 2.54. The first-order valence-corrected chi connectivity index (χ1v) is 52.0. The van der Waals surface area contributed by atoms with Gasteiger partial charge in [0.05, 0.1) is 44.2 Å². The number of aromatic carboxylic acids is 1. The monoisotopic (exact) mass is 2460 g/mol. The Labute approximate surface area is 917 Å². The Morgan fingerprint density at radius 1 is 0.396 bits per heavy atom. The molecular formula is C109H87Br5Cl5F10N7O13. The number of piperidine rings is 4. The molecule has 20 nitrogen and oxygen atoms in total. The minimum atomic E-state index is -4.85. The van der Waals surface area contributed by atoms with Gasteiger partial charge in [-0.2, -0.15) is 55.3 Å². The smallest absolute Gasteiger partial charge is 0.471 e. The molecule has 0 spiro atoms. The lowest BCUT2D eigenvalue weighted by molar-refractivity contribution is -0.189. The fraction of sp³-hybridized carbons (Fsp3) is 0.266. The molecule has 0 saturated carbocycles. The van der Waals surface area contributed by atoms with Crippen molar-refractivity contribution in [2.45, 2.75) is 170 Å². The highest BCUT2D eigenvalue weighted by molar-refractivity contribution is 9.11. The molecule has 10 aliphatic rings. The standard InChI is InChI=1S/C23H17F3N2O2.C22H17BrF3NO2.C13H8BrNO.C13H9BrO3.C13H7BrO2.C9H10F3NO2.C7H3BrFN.C7H11NO.2CH2Cl2.ClH/c24-23(25,26)22(29)28-15-6-7-16(28)11-14(10-15)21-17-3-1-2-4-19(17)30-20-9-13(12-27)5-8-18(20)21;23-13-5-8-17-19(11-13)29-18-4-2-1-3-16(18)20(17)12-9-14-6-7-15(10-12)27(14)21(28)22(24,25)26;14-11-7-6-10(9-15)13(8-11)16-12-4-2-1-3-5-12;14-9-6-7-11(13(15)16)12(8-9)17-10-4-2-1-3-5-10;14-8-5-6-10-12(7-8)16-11-4-2-1-3-9(11)13(10)15;10-9(11,12)8(15)13-5-1-2-6(13)4-7(14)3-5;8-6-2-1-5(4-10)7(9)3-6;9-7-3-5-1-2-6(4-7)8-5;2*2-1-3;/h1-5,8-9,15-16H,6-7,10-11H2;1-5,8,11,14-15H,6-7,9-10H2;1-8H;1-8H,(H,15,16);1-7H;5-6H,1-4H2;1-3H;5-6,8H,1-4H2;2*1H2;1H. The van der Waals surface area contributed by atoms with Crippen molar-refractivity contribution in [2.75, 3.05) is 10.7 Å². The lowest BCUT2D eigenvalue weighted by Crippen LogP contribution is -2.51. The van der Waals surface area contributed by atoms with Crippen LogP contribution in [0.15, 0.2) is 285 Å². The Balaban J connectivity index is 0.000000154. The van der Waals surface area contributed by atoms with Crippen molar-refractivity contribution in [2.24, 2.45) is 0 Å². The molecule has 8 fully saturated rings. The molecular weight excluding hydrogens is 2380 g/mol. The Bertz CT molecular complexity index is 7140. The SMILES string of the molecule is Cl.ClCCl.ClCCl.N#Cc1ccc(Br)cc1F.N#Cc1ccc(Br)cc1Oc1ccccc1.N#Cc1ccc2c(c1)Oc1ccccc1C2=C1CC2CCC(C1)N2C(=O)C(F)(F)F.O=C(N1C2CCC1CC(=C1c3ccccc3Oc3cc(Br)ccc31)C2)C(F)(F)F.O=C(O)c1ccc(Br)cc1Oc1ccccc1.O=C1CC2CCC(C1)N2.O=C1CC2CCC(C1)N2C(=O)C(F)(F)F.O=c1c2ccccc2oc2cc(Br)ccc12. The molecule has 8 unspecified atom stereocenters. The lowest BCUT2D eigenvalue weighted by atomic mass is 9.83. The van der Waals surface area contributed by atoms with E-state index >= 15 is 0 Å². The summed E-state index contributed by atoms with van der Waals surface area (Å²) in [6.07, 6.45) is -5.22. The van der Waals surface area contributed by atoms with Gasteiger partial charge in [-0.1, -0.05) is 176 Å². The lowest BCUT2D eigenvalue weighted by Gasteiger charge is -2.38. The number of nitriles is 3. The van der Waals surface area contributed by atoms with E-state index in [0.29, 0.717) is 148 Å². The molecule has 22 rings (SSSR count). The van der Waals surface area contributed by atoms with Gasteiger partial charge in [-0.3, -0.25) is 28.8 Å². The summed E-state index contributed by atoms with van der Waals surface area (Å²) in [6, 6.07) is 76.2. The van der Waals surface area contributed by atoms with Gasteiger partial charge in [-0.15, -0.1) is 58.8 Å². The van der Waals surface area contributed by atoms with Gasteiger partial charge in [-0.25, -0.2) is 9.18 Å². The number of carboxylic acids is 1. The van der Waals surface area contributed by atoms with E-state index in [9.17, 15) is 82.7 Å². The van der Waals surface area contributed by atoms with Gasteiger partial charge in [0.2, 0.25) is 5.43 Å². The minimum Gasteiger partial charge on any atom is -0.478 e. The molecule has 776 valence electrons. The third-order valence-electron chi connectivity index (χ3n) is 25.3. The van der Waals surface area contributed by atoms with E-state index in [1.807, 2.05) is 152 Å². The molecule has 2 N–H and O–H groups in total. The quantitative estimate of drug-likeness (QED) is 0.0920. The van der Waals surface area contributed by atoms with Crippen LogP contribution in [0.4, 0.5) is 43.9 Å². The Morgan fingerprint density at radius 2 is 0.758 bits per heavy atom. The molecule has 0 radical (unpaired) electrons. The number of ether oxygens (including phenoxy) is 4. The molecule has 8 atom stereocenters. The summed E-state index contributed by atoms with van der Waals surface area (Å²) in [5, 5.41) is 40.5. The number of halogens is 20. The first-order chi connectivity index (χ1) is 70.7. The van der Waals surface area contributed by atoms with Gasteiger partial charge < -0.3 is 48.5 Å². The van der Waals surface area contributed by atoms with Crippen LogP contribution in [0.3, 0.4) is 0 Å². The van der Waals surface area contributed by atoms with E-state index in [1.54, 1.807) is 78.9 Å². The summed E-state index contributed by atoms with van der Waals surface area (Å²) in [6.45, 7) is 0. The van der Waals surface area contributed by atoms with Crippen LogP contribution in [0, 0.1) is 39.8 Å². The molecule has 8 saturated heterocycles. The topological polar surface area (TPSA) is 283 Å². The summed E-state index contributed by atoms with van der Waals surface area (Å²) < 4.78 is 161. The van der Waals surface area contributed by atoms with Crippen LogP contribution in [0.2, 0.25) is 0 Å². The number of rotatable bonds is 5. The predicted molar refractivity (Wildman–Crippen MR) is 566 cm³/mol. The van der Waals surface area contributed by atoms with E-state index in [-0.39, 0.29) is 58.3 Å². The van der Waals surface area contributed by atoms with Crippen molar-refractivity contribution in [1.29, 1.82) is 15.8 Å². The first kappa shape index (κ1) is 116. The number of alkyl halides is 13. The average Bonchev–Trinajstić information content (AvgIpc) is 1.68. The van der Waals surface area contributed by atoms with Crippen LogP contribution in [-0.4, -0.2) is 133 Å². The van der Waals surface area contributed by atoms with Crippen LogP contribution < -0.4 is 29.7 Å². The number of amides is 3. The van der Waals surface area contributed by atoms with Crippen LogP contribution in [0.25, 0.3) is 33.1 Å². The number of benzene rings is 11. The van der Waals surface area contributed by atoms with Crippen molar-refractivity contribution in [3.05, 3.63) is 337 Å². The first-order valence-electron chi connectivity index (χ1n) is 45.9. The molecule has 11 heterocycles. The maximum Gasteiger partial charge on any atom is 0.471 e. The van der Waals surface area contributed by atoms with Crippen LogP contribution in [-0.2, 0) is 24.0 Å². The van der Waals surface area contributed by atoms with E-state index < -0.39 is 84.3 Å². The van der Waals surface area contributed by atoms with Crippen LogP contribution in [0.5, 0.6) is 46.0 Å². The largest absolute Gasteiger partial charge is 0.478 e. The third kappa shape index (κ3) is 29.8. The second-order valence-electron chi connectivity index (χ2n) is 34.8. The molecule has 8 bridgehead atoms. The highest BCUT2D eigenvalue weighted by atomic mass is 79.9. The van der Waals surface area contributed by atoms with Gasteiger partial charge in [0.1, 0.15) is 92.2 Å². The number of hydrogen-bond acceptors (Lipinski definition) is 16. The molecule has 1 aromatic heterocycles. The number of carbonyl (C=O) groups excluding carboxylic acids is 5. The van der Waals surface area contributed by atoms with Gasteiger partial charge in [-0.05, 0) is 246 Å². The van der Waals surface area contributed by atoms with E-state index in [2.05, 4.69) is 97.1 Å². The average molecular weight is 2470 g/mol. The number of fused-ring (bicyclic) bond motifs is 14. The molecule has 149 heavy (non-hydrogen) atoms. The predicted octanol–water partition coefficient (Wildman–Crippen LogP) is 30.5. The summed E-state index contributed by atoms with van der Waals surface area (Å²) >= 11 is 35.6. The van der Waals surface area contributed by atoms with Crippen molar-refractivity contribution >= 4 is 207 Å². The van der Waals surface area contributed by atoms with Crippen molar-refractivity contribution in [3.63, 3.8) is 0 Å². The second-order valence-corrected chi connectivity index (χ2v) is 41.0. The summed E-state index contributed by atoms with van der Waals surface area (Å²) in [4.78, 5) is 83.2. The fourth-order valence-electron chi connectivity index (χ4n) is 19.2. The molecule has 12 aromatic rings. The summed E-state index contributed by atoms with van der Waals surface area (Å²) in [7, 11) is 0. The molecule has 0 aliphatic carbocycles. The number of nitrogens with zero attached hydrogens (tertiary/aromatic N) is 6. The van der Waals surface area contributed by atoms with E-state index in [4.69, 9.17) is 85.4 Å². The Hall–Kier alpha value is -11.6. The normalized spacial score (nSPS) is 18.7. The molecule has 40 heteroatoms. The fourth-order valence-corrected chi connectivity index (χ4v) is 20.9. The maximum atomic E-state index is 13.1. The van der Waals surface area contributed by atoms with Crippen LogP contribution >= 0.6 is 138 Å². The van der Waals surface area contributed by atoms with Gasteiger partial charge in [0.15, 0.2) is 0 Å². The van der Waals surface area contributed by atoms with Gasteiger partial charge in [0, 0.05) is 119 Å². The second kappa shape index (κ2) is 52.9. The van der Waals surface area contributed by atoms with Crippen molar-refractivity contribution < 1.29 is 101 Å². The zero-order chi connectivity index (χ0) is 107. The number of Topliss-reactive ketones (excluding diaryl/α,β-unsaturated/α-hetero) is 2. The number of carbonyl (C=O) groups is 6. The van der Waals surface area contributed by atoms with E-state index in [0.717, 1.165) is 107 Å². The summed E-state index contributed by atoms with van der Waals surface area (Å²) in [5.74, 6) is -1.41. The zero-order valence-corrected chi connectivity index (χ0v) is 89.8. The van der Waals surface area contributed by atoms with E-state index in [1.165, 1.54) is 31.0 Å². The minimum absolute atomic E-state index is 0. The third-order valence-corrected chi connectivity index (χ3v) is 27.7. The number of ketones is 2. The van der Waals surface area contributed by atoms with Gasteiger partial charge >= 0.3 is 42.2 Å². The Kier molecular flexibility index (Phi) is 41.2. The highest BCUT2D eigenvalue weighted by Gasteiger charge is 2.55. The van der Waals surface area contributed by atoms with Gasteiger partial charge in [0.25, 0.3) is 0 Å². The number of nitrogens with one attached hydrogen (secondary N) is 1. The number of para-hydroxylation sites is 5. The molecule has 11 aromatic carbocycles. The number of carboxylic acid groups (broad SMARTS) is 1. The van der Waals surface area contributed by atoms with Crippen molar-refractivity contribution in [3.8, 4) is 64.2 Å².